The van der Waals surface area contributed by atoms with E-state index in [0.717, 1.165) is 0 Å². The Kier molecular flexibility index (Phi) is 9.53. The highest BCUT2D eigenvalue weighted by Crippen LogP contribution is 2.37. The van der Waals surface area contributed by atoms with Crippen LogP contribution >= 0.6 is 23.2 Å². The van der Waals surface area contributed by atoms with E-state index in [0.29, 0.717) is 27.6 Å². The summed E-state index contributed by atoms with van der Waals surface area (Å²) in [6, 6.07) is 6.57. The molecule has 0 radical (unpaired) electrons. The summed E-state index contributed by atoms with van der Waals surface area (Å²) in [5.41, 5.74) is 11.1. The number of halogens is 5. The monoisotopic (exact) mass is 612 g/mol. The van der Waals surface area contributed by atoms with Crippen LogP contribution in [0.3, 0.4) is 0 Å². The number of alkyl halides is 3. The Labute approximate surface area is 230 Å². The zero-order valence-electron chi connectivity index (χ0n) is 19.8. The maximum Gasteiger partial charge on any atom is 0.491 e. The van der Waals surface area contributed by atoms with Crippen molar-refractivity contribution in [3.8, 4) is 5.75 Å². The fourth-order valence-electron chi connectivity index (χ4n) is 3.58. The largest absolute Gasteiger partial charge is 0.493 e. The van der Waals surface area contributed by atoms with Crippen LogP contribution in [0.25, 0.3) is 0 Å². The highest BCUT2D eigenvalue weighted by atomic mass is 35.5. The number of guanidine groups is 1. The van der Waals surface area contributed by atoms with Gasteiger partial charge in [-0.1, -0.05) is 35.3 Å². The Morgan fingerprint density at radius 3 is 2.36 bits per heavy atom. The van der Waals surface area contributed by atoms with Gasteiger partial charge < -0.3 is 25.8 Å². The molecule has 212 valence electrons. The molecule has 2 aromatic rings. The number of carbonyl (C=O) groups excluding carboxylic acids is 2. The number of hydrogen-bond donors (Lipinski definition) is 2. The quantitative estimate of drug-likeness (QED) is 0.108. The molecule has 0 saturated carbocycles. The molecule has 3 rings (SSSR count). The molecule has 17 heteroatoms. The molecule has 39 heavy (non-hydrogen) atoms. The number of benzene rings is 2. The Bertz CT molecular complexity index is 1370. The fraction of sp³-hybridized carbons (Fsp3) is 0.318. The van der Waals surface area contributed by atoms with Crippen molar-refractivity contribution < 1.29 is 45.5 Å². The molecular formula is C22H21Cl2F3N4O7S. The van der Waals surface area contributed by atoms with Gasteiger partial charge in [0.2, 0.25) is 16.0 Å². The molecule has 1 atom stereocenters. The van der Waals surface area contributed by atoms with Crippen LogP contribution in [0.2, 0.25) is 10.0 Å². The summed E-state index contributed by atoms with van der Waals surface area (Å²) < 4.78 is 75.6. The van der Waals surface area contributed by atoms with Crippen LogP contribution in [0.4, 0.5) is 13.2 Å². The van der Waals surface area contributed by atoms with Crippen LogP contribution < -0.4 is 16.2 Å². The van der Waals surface area contributed by atoms with Crippen molar-refractivity contribution in [3.05, 3.63) is 57.6 Å². The number of sulfonamides is 1. The number of carbonyl (C=O) groups is 2. The molecule has 0 bridgehead atoms. The minimum atomic E-state index is -5.47. The Morgan fingerprint density at radius 1 is 1.08 bits per heavy atom. The van der Waals surface area contributed by atoms with Crippen molar-refractivity contribution >= 4 is 51.1 Å². The lowest BCUT2D eigenvalue weighted by atomic mass is 9.95. The average Bonchev–Trinajstić information content (AvgIpc) is 2.84. The van der Waals surface area contributed by atoms with Crippen LogP contribution in [-0.2, 0) is 42.2 Å². The van der Waals surface area contributed by atoms with E-state index in [4.69, 9.17) is 44.2 Å². The molecule has 11 nitrogen and oxygen atoms in total. The second-order valence-electron chi connectivity index (χ2n) is 8.01. The molecule has 0 spiro atoms. The first kappa shape index (κ1) is 30.3. The first-order valence-electron chi connectivity index (χ1n) is 11.0. The average molecular weight is 613 g/mol. The van der Waals surface area contributed by atoms with Crippen LogP contribution in [0.5, 0.6) is 5.75 Å². The summed E-state index contributed by atoms with van der Waals surface area (Å²) in [6.07, 6.45) is -5.49. The van der Waals surface area contributed by atoms with Gasteiger partial charge >= 0.3 is 18.1 Å². The zero-order valence-corrected chi connectivity index (χ0v) is 22.1. The van der Waals surface area contributed by atoms with Gasteiger partial charge in [-0.15, -0.1) is 0 Å². The standard InChI is InChI=1S/C22H21Cl2F3N4O7S/c23-15-3-1-4-16(24)18(15)39(34,35)31-11-13-9-14(36-7-2-8-37-30-21(28)29)6-5-12(13)10-17(31)19(32)38-20(33)22(25,26)27/h1,3-6,9,17H,2,7-8,10-11H2,(H4,28,29,30). The first-order chi connectivity index (χ1) is 18.2. The number of ether oxygens (including phenoxy) is 2. The molecule has 0 amide bonds. The lowest BCUT2D eigenvalue weighted by molar-refractivity contribution is -0.203. The molecule has 1 aliphatic heterocycles. The molecule has 2 aromatic carbocycles. The number of fused-ring (bicyclic) bond motifs is 1. The van der Waals surface area contributed by atoms with Crippen LogP contribution in [0.15, 0.2) is 46.4 Å². The number of rotatable bonds is 9. The van der Waals surface area contributed by atoms with E-state index in [1.807, 2.05) is 0 Å². The van der Waals surface area contributed by atoms with Gasteiger partial charge in [0.1, 0.15) is 23.3 Å². The van der Waals surface area contributed by atoms with E-state index in [-0.39, 0.29) is 29.2 Å². The maximum absolute atomic E-state index is 13.6. The smallest absolute Gasteiger partial charge is 0.491 e. The Hall–Kier alpha value is -3.27. The van der Waals surface area contributed by atoms with Gasteiger partial charge in [-0.05, 0) is 40.5 Å². The van der Waals surface area contributed by atoms with Crippen LogP contribution in [-0.4, -0.2) is 56.1 Å². The normalized spacial score (nSPS) is 15.7. The molecule has 0 saturated heterocycles. The van der Waals surface area contributed by atoms with Gasteiger partial charge in [0, 0.05) is 19.4 Å². The van der Waals surface area contributed by atoms with Crippen molar-refractivity contribution in [2.75, 3.05) is 13.2 Å². The van der Waals surface area contributed by atoms with E-state index >= 15 is 0 Å². The Morgan fingerprint density at radius 2 is 1.74 bits per heavy atom. The molecule has 0 aliphatic carbocycles. The van der Waals surface area contributed by atoms with Crippen LogP contribution in [0.1, 0.15) is 17.5 Å². The second kappa shape index (κ2) is 12.3. The number of hydrogen-bond acceptors (Lipinski definition) is 8. The number of nitrogens with two attached hydrogens (primary N) is 2. The summed E-state index contributed by atoms with van der Waals surface area (Å²) in [4.78, 5) is 28.3. The van der Waals surface area contributed by atoms with E-state index in [2.05, 4.69) is 9.89 Å². The summed E-state index contributed by atoms with van der Waals surface area (Å²) in [7, 11) is -4.69. The summed E-state index contributed by atoms with van der Waals surface area (Å²) in [6.45, 7) is -0.178. The van der Waals surface area contributed by atoms with Gasteiger partial charge in [0.25, 0.3) is 0 Å². The predicted octanol–water partition coefficient (Wildman–Crippen LogP) is 2.72. The number of oxime groups is 1. The molecule has 1 unspecified atom stereocenters. The topological polar surface area (TPSA) is 164 Å². The van der Waals surface area contributed by atoms with E-state index in [9.17, 15) is 31.2 Å². The lowest BCUT2D eigenvalue weighted by Crippen LogP contribution is -2.50. The van der Waals surface area contributed by atoms with Crippen molar-refractivity contribution in [3.63, 3.8) is 0 Å². The van der Waals surface area contributed by atoms with E-state index in [1.165, 1.54) is 36.4 Å². The van der Waals surface area contributed by atoms with Gasteiger partial charge in [-0.2, -0.15) is 17.5 Å². The molecule has 1 heterocycles. The zero-order chi connectivity index (χ0) is 29.0. The minimum Gasteiger partial charge on any atom is -0.493 e. The third-order valence-electron chi connectivity index (χ3n) is 5.27. The van der Waals surface area contributed by atoms with Crippen molar-refractivity contribution in [1.82, 2.24) is 4.31 Å². The summed E-state index contributed by atoms with van der Waals surface area (Å²) in [5.74, 6) is -4.40. The summed E-state index contributed by atoms with van der Waals surface area (Å²) >= 11 is 12.2. The van der Waals surface area contributed by atoms with Crippen molar-refractivity contribution in [1.29, 1.82) is 0 Å². The van der Waals surface area contributed by atoms with Crippen molar-refractivity contribution in [2.24, 2.45) is 16.6 Å². The third-order valence-corrected chi connectivity index (χ3v) is 8.08. The van der Waals surface area contributed by atoms with Gasteiger partial charge in [-0.25, -0.2) is 18.0 Å². The Balaban J connectivity index is 1.91. The molecule has 0 fully saturated rings. The van der Waals surface area contributed by atoms with Gasteiger partial charge in [-0.3, -0.25) is 0 Å². The molecular weight excluding hydrogens is 592 g/mol. The predicted molar refractivity (Wildman–Crippen MR) is 132 cm³/mol. The summed E-state index contributed by atoms with van der Waals surface area (Å²) in [5, 5.41) is 2.79. The fourth-order valence-corrected chi connectivity index (χ4v) is 6.23. The highest BCUT2D eigenvalue weighted by Gasteiger charge is 2.47. The highest BCUT2D eigenvalue weighted by molar-refractivity contribution is 7.89. The third kappa shape index (κ3) is 7.44. The minimum absolute atomic E-state index is 0.147. The first-order valence-corrected chi connectivity index (χ1v) is 13.2. The maximum atomic E-state index is 13.6. The van der Waals surface area contributed by atoms with E-state index < -0.39 is 52.0 Å². The number of nitrogens with zero attached hydrogens (tertiary/aromatic N) is 2. The lowest BCUT2D eigenvalue weighted by Gasteiger charge is -2.34. The van der Waals surface area contributed by atoms with Crippen LogP contribution in [0, 0.1) is 0 Å². The molecule has 1 aliphatic rings. The van der Waals surface area contributed by atoms with E-state index in [1.54, 1.807) is 0 Å². The number of esters is 2. The second-order valence-corrected chi connectivity index (χ2v) is 10.7. The molecule has 0 aromatic heterocycles. The van der Waals surface area contributed by atoms with Gasteiger partial charge in [0.05, 0.1) is 16.7 Å². The van der Waals surface area contributed by atoms with Gasteiger partial charge in [0.15, 0.2) is 0 Å². The van der Waals surface area contributed by atoms with Crippen molar-refractivity contribution in [2.45, 2.75) is 36.5 Å². The SMILES string of the molecule is NC(N)=NOCCCOc1ccc2c(c1)CN(S(=O)(=O)c1c(Cl)cccc1Cl)C(C(=O)OC(=O)C(F)(F)F)C2. The molecule has 4 N–H and O–H groups in total.